The second-order valence-corrected chi connectivity index (χ2v) is 4.12. The third-order valence-corrected chi connectivity index (χ3v) is 3.02. The Balaban J connectivity index is 2.01. The zero-order chi connectivity index (χ0) is 11.9. The summed E-state index contributed by atoms with van der Waals surface area (Å²) >= 11 is 0. The van der Waals surface area contributed by atoms with Gasteiger partial charge in [0.1, 0.15) is 17.7 Å². The van der Waals surface area contributed by atoms with Crippen molar-refractivity contribution in [3.05, 3.63) is 49.0 Å². The van der Waals surface area contributed by atoms with E-state index in [9.17, 15) is 0 Å². The van der Waals surface area contributed by atoms with Crippen LogP contribution in [0.25, 0.3) is 33.4 Å². The number of hydrogen-bond acceptors (Lipinski definition) is 3. The Hall–Kier alpha value is -2.62. The van der Waals surface area contributed by atoms with Crippen molar-refractivity contribution in [2.45, 2.75) is 0 Å². The highest BCUT2D eigenvalue weighted by Gasteiger charge is 2.11. The van der Waals surface area contributed by atoms with Crippen LogP contribution in [0.1, 0.15) is 0 Å². The van der Waals surface area contributed by atoms with Crippen LogP contribution in [-0.2, 0) is 0 Å². The number of rotatable bonds is 1. The molecule has 4 heteroatoms. The summed E-state index contributed by atoms with van der Waals surface area (Å²) in [5.74, 6) is 0.808. The van der Waals surface area contributed by atoms with Crippen molar-refractivity contribution >= 4 is 22.0 Å². The molecule has 4 aromatic rings. The Kier molecular flexibility index (Phi) is 1.80. The number of imidazole rings is 1. The zero-order valence-electron chi connectivity index (χ0n) is 9.42. The molecule has 0 unspecified atom stereocenters. The molecule has 0 aliphatic carbocycles. The van der Waals surface area contributed by atoms with Crippen LogP contribution in [0.3, 0.4) is 0 Å². The summed E-state index contributed by atoms with van der Waals surface area (Å²) in [4.78, 5) is 11.9. The highest BCUT2D eigenvalue weighted by atomic mass is 16.3. The Bertz CT molecular complexity index is 811. The van der Waals surface area contributed by atoms with E-state index in [0.29, 0.717) is 0 Å². The second kappa shape index (κ2) is 3.43. The predicted octanol–water partition coefficient (Wildman–Crippen LogP) is 3.37. The van der Waals surface area contributed by atoms with Crippen LogP contribution in [0.5, 0.6) is 0 Å². The molecule has 4 nitrogen and oxygen atoms in total. The van der Waals surface area contributed by atoms with Crippen molar-refractivity contribution in [3.8, 4) is 11.4 Å². The van der Waals surface area contributed by atoms with Gasteiger partial charge in [0.05, 0.1) is 22.8 Å². The molecular weight excluding hydrogens is 226 g/mol. The molecule has 0 aliphatic rings. The zero-order valence-corrected chi connectivity index (χ0v) is 9.42. The number of furan rings is 1. The smallest absolute Gasteiger partial charge is 0.142 e. The first-order valence-corrected chi connectivity index (χ1v) is 5.68. The fraction of sp³-hybridized carbons (Fsp3) is 0. The largest absolute Gasteiger partial charge is 0.464 e. The molecule has 0 spiro atoms. The maximum atomic E-state index is 5.52. The lowest BCUT2D eigenvalue weighted by Gasteiger charge is -1.91. The average molecular weight is 235 g/mol. The molecule has 0 atom stereocenters. The second-order valence-electron chi connectivity index (χ2n) is 4.12. The van der Waals surface area contributed by atoms with Crippen molar-refractivity contribution in [2.24, 2.45) is 0 Å². The maximum absolute atomic E-state index is 5.52. The van der Waals surface area contributed by atoms with Crippen molar-refractivity contribution in [1.82, 2.24) is 15.0 Å². The minimum absolute atomic E-state index is 0.808. The van der Waals surface area contributed by atoms with Crippen molar-refractivity contribution in [3.63, 3.8) is 0 Å². The summed E-state index contributed by atoms with van der Waals surface area (Å²) < 4.78 is 5.52. The molecule has 4 rings (SSSR count). The van der Waals surface area contributed by atoms with E-state index in [1.165, 1.54) is 0 Å². The molecule has 0 radical (unpaired) electrons. The molecule has 1 aromatic carbocycles. The SMILES string of the molecule is c1ccc2c(-c3nc4ccncc4[nH]3)coc2c1. The monoisotopic (exact) mass is 235 g/mol. The van der Waals surface area contributed by atoms with Gasteiger partial charge in [-0.15, -0.1) is 0 Å². The summed E-state index contributed by atoms with van der Waals surface area (Å²) in [6.45, 7) is 0. The van der Waals surface area contributed by atoms with E-state index in [1.54, 1.807) is 18.7 Å². The van der Waals surface area contributed by atoms with Gasteiger partial charge in [-0.1, -0.05) is 18.2 Å². The molecule has 18 heavy (non-hydrogen) atoms. The molecule has 0 saturated carbocycles. The van der Waals surface area contributed by atoms with Gasteiger partial charge in [0.25, 0.3) is 0 Å². The predicted molar refractivity (Wildman–Crippen MR) is 69.1 cm³/mol. The summed E-state index contributed by atoms with van der Waals surface area (Å²) in [5.41, 5.74) is 3.68. The summed E-state index contributed by atoms with van der Waals surface area (Å²) in [7, 11) is 0. The van der Waals surface area contributed by atoms with Gasteiger partial charge in [0, 0.05) is 11.6 Å². The molecule has 0 bridgehead atoms. The minimum atomic E-state index is 0.808. The number of nitrogens with zero attached hydrogens (tertiary/aromatic N) is 2. The van der Waals surface area contributed by atoms with Crippen LogP contribution in [0, 0.1) is 0 Å². The number of benzene rings is 1. The number of aromatic amines is 1. The van der Waals surface area contributed by atoms with Gasteiger partial charge in [0.15, 0.2) is 0 Å². The lowest BCUT2D eigenvalue weighted by molar-refractivity contribution is 0.616. The van der Waals surface area contributed by atoms with Gasteiger partial charge >= 0.3 is 0 Å². The van der Waals surface area contributed by atoms with E-state index < -0.39 is 0 Å². The van der Waals surface area contributed by atoms with Gasteiger partial charge < -0.3 is 9.40 Å². The number of H-pyrrole nitrogens is 1. The molecule has 0 saturated heterocycles. The van der Waals surface area contributed by atoms with Crippen LogP contribution in [-0.4, -0.2) is 15.0 Å². The first kappa shape index (κ1) is 9.41. The fourth-order valence-corrected chi connectivity index (χ4v) is 2.15. The molecule has 0 aliphatic heterocycles. The standard InChI is InChI=1S/C14H9N3O/c1-2-4-13-9(3-1)10(8-18-13)14-16-11-5-6-15-7-12(11)17-14/h1-8H,(H,16,17). The van der Waals surface area contributed by atoms with Crippen molar-refractivity contribution in [1.29, 1.82) is 0 Å². The Morgan fingerprint density at radius 2 is 2.06 bits per heavy atom. The van der Waals surface area contributed by atoms with Crippen molar-refractivity contribution in [2.75, 3.05) is 0 Å². The molecule has 3 heterocycles. The number of fused-ring (bicyclic) bond motifs is 2. The van der Waals surface area contributed by atoms with E-state index in [1.807, 2.05) is 30.3 Å². The lowest BCUT2D eigenvalue weighted by Crippen LogP contribution is -1.77. The third kappa shape index (κ3) is 1.26. The molecule has 3 aromatic heterocycles. The Morgan fingerprint density at radius 3 is 3.00 bits per heavy atom. The number of aromatic nitrogens is 3. The number of pyridine rings is 1. The Morgan fingerprint density at radius 1 is 1.11 bits per heavy atom. The third-order valence-electron chi connectivity index (χ3n) is 3.02. The minimum Gasteiger partial charge on any atom is -0.464 e. The average Bonchev–Trinajstić information content (AvgIpc) is 3.02. The fourth-order valence-electron chi connectivity index (χ4n) is 2.15. The number of nitrogens with one attached hydrogen (secondary N) is 1. The highest BCUT2D eigenvalue weighted by molar-refractivity contribution is 5.93. The molecule has 1 N–H and O–H groups in total. The summed E-state index contributed by atoms with van der Waals surface area (Å²) in [6.07, 6.45) is 5.24. The summed E-state index contributed by atoms with van der Waals surface area (Å²) in [5, 5.41) is 1.06. The van der Waals surface area contributed by atoms with Crippen LogP contribution in [0.15, 0.2) is 53.4 Å². The van der Waals surface area contributed by atoms with Gasteiger partial charge in [-0.2, -0.15) is 0 Å². The van der Waals surface area contributed by atoms with Crippen LogP contribution in [0.4, 0.5) is 0 Å². The number of para-hydroxylation sites is 1. The first-order valence-electron chi connectivity index (χ1n) is 5.68. The van der Waals surface area contributed by atoms with E-state index in [-0.39, 0.29) is 0 Å². The quantitative estimate of drug-likeness (QED) is 0.550. The summed E-state index contributed by atoms with van der Waals surface area (Å²) in [6, 6.07) is 9.81. The van der Waals surface area contributed by atoms with Gasteiger partial charge in [-0.25, -0.2) is 4.98 Å². The lowest BCUT2D eigenvalue weighted by atomic mass is 10.2. The highest BCUT2D eigenvalue weighted by Crippen LogP contribution is 2.29. The molecule has 86 valence electrons. The van der Waals surface area contributed by atoms with E-state index in [2.05, 4.69) is 15.0 Å². The van der Waals surface area contributed by atoms with Gasteiger partial charge in [0.2, 0.25) is 0 Å². The van der Waals surface area contributed by atoms with E-state index in [0.717, 1.165) is 33.4 Å². The topological polar surface area (TPSA) is 54.7 Å². The molecule has 0 amide bonds. The van der Waals surface area contributed by atoms with E-state index in [4.69, 9.17) is 4.42 Å². The van der Waals surface area contributed by atoms with Gasteiger partial charge in [-0.3, -0.25) is 4.98 Å². The molecular formula is C14H9N3O. The van der Waals surface area contributed by atoms with E-state index >= 15 is 0 Å². The van der Waals surface area contributed by atoms with Crippen LogP contribution < -0.4 is 0 Å². The van der Waals surface area contributed by atoms with Crippen molar-refractivity contribution < 1.29 is 4.42 Å². The first-order chi connectivity index (χ1) is 8.92. The van der Waals surface area contributed by atoms with Crippen LogP contribution >= 0.6 is 0 Å². The maximum Gasteiger partial charge on any atom is 0.142 e. The Labute approximate surface area is 102 Å². The van der Waals surface area contributed by atoms with Gasteiger partial charge in [-0.05, 0) is 12.1 Å². The number of hydrogen-bond donors (Lipinski definition) is 1. The van der Waals surface area contributed by atoms with Crippen LogP contribution in [0.2, 0.25) is 0 Å². The molecule has 0 fully saturated rings. The normalized spacial score (nSPS) is 11.3.